The van der Waals surface area contributed by atoms with Crippen molar-refractivity contribution in [3.8, 4) is 34.5 Å². The molecule has 12 rings (SSSR count). The Morgan fingerprint density at radius 3 is 1.49 bits per heavy atom. The molecule has 360 valence electrons. The second kappa shape index (κ2) is 18.3. The van der Waals surface area contributed by atoms with Crippen LogP contribution < -0.4 is 9.47 Å². The van der Waals surface area contributed by atoms with Crippen LogP contribution in [0.4, 0.5) is 4.79 Å². The summed E-state index contributed by atoms with van der Waals surface area (Å²) in [5, 5.41) is 18.9. The largest absolute Gasteiger partial charge is 0.486 e. The molecule has 4 aliphatic heterocycles. The van der Waals surface area contributed by atoms with Crippen molar-refractivity contribution >= 4 is 74.2 Å². The lowest BCUT2D eigenvalue weighted by Gasteiger charge is -2.46. The fraction of sp³-hybridized carbons (Fsp3) is 0.340. The Bertz CT molecular complexity index is 3000. The van der Waals surface area contributed by atoms with Crippen molar-refractivity contribution in [2.45, 2.75) is 64.6 Å². The number of H-pyrrole nitrogens is 4. The van der Waals surface area contributed by atoms with E-state index in [1.807, 2.05) is 60.0 Å². The highest BCUT2D eigenvalue weighted by atomic mass is 35.5. The molecule has 4 unspecified atom stereocenters. The van der Waals surface area contributed by atoms with E-state index in [-0.39, 0.29) is 18.4 Å². The molecule has 0 saturated carbocycles. The number of nitrogens with zero attached hydrogens (tertiary/aromatic N) is 10. The minimum Gasteiger partial charge on any atom is -0.486 e. The van der Waals surface area contributed by atoms with E-state index in [9.17, 15) is 4.79 Å². The fourth-order valence-electron chi connectivity index (χ4n) is 10.00. The number of ether oxygens (including phenoxy) is 4. The number of pyridine rings is 2. The van der Waals surface area contributed by atoms with Crippen LogP contribution in [0.25, 0.3) is 44.8 Å². The van der Waals surface area contributed by atoms with Crippen LogP contribution in [0, 0.1) is 0 Å². The lowest BCUT2D eigenvalue weighted by molar-refractivity contribution is -0.0922. The minimum atomic E-state index is -0.429. The Labute approximate surface area is 419 Å². The van der Waals surface area contributed by atoms with E-state index in [1.54, 1.807) is 24.8 Å². The first kappa shape index (κ1) is 45.1. The van der Waals surface area contributed by atoms with E-state index in [0.717, 1.165) is 44.6 Å². The van der Waals surface area contributed by atoms with Gasteiger partial charge in [-0.1, -0.05) is 46.4 Å². The average molecular weight is 1030 g/mol. The quantitative estimate of drug-likeness (QED) is 0.101. The van der Waals surface area contributed by atoms with Gasteiger partial charge in [0.1, 0.15) is 47.4 Å². The number of hydrogen-bond donors (Lipinski definition) is 4. The molecule has 10 heterocycles. The second-order valence-corrected chi connectivity index (χ2v) is 19.4. The van der Waals surface area contributed by atoms with Crippen LogP contribution in [-0.4, -0.2) is 128 Å². The molecule has 2 fully saturated rings. The van der Waals surface area contributed by atoms with Crippen molar-refractivity contribution in [3.05, 3.63) is 115 Å². The predicted molar refractivity (Wildman–Crippen MR) is 260 cm³/mol. The van der Waals surface area contributed by atoms with Crippen molar-refractivity contribution in [3.63, 3.8) is 0 Å². The smallest absolute Gasteiger partial charge is 0.322 e. The predicted octanol–water partition coefficient (Wildman–Crippen LogP) is 8.67. The normalized spacial score (nSPS) is 19.5. The lowest BCUT2D eigenvalue weighted by Crippen LogP contribution is -2.64. The molecular formula is C47H44Cl4N14O5. The molecule has 19 nitrogen and oxygen atoms in total. The molecule has 4 aliphatic rings. The van der Waals surface area contributed by atoms with Crippen LogP contribution in [0.2, 0.25) is 20.1 Å². The monoisotopic (exact) mass is 1020 g/mol. The zero-order valence-electron chi connectivity index (χ0n) is 37.7. The number of rotatable bonds is 10. The van der Waals surface area contributed by atoms with Crippen LogP contribution in [0.1, 0.15) is 60.0 Å². The van der Waals surface area contributed by atoms with Crippen LogP contribution >= 0.6 is 46.4 Å². The van der Waals surface area contributed by atoms with Gasteiger partial charge in [-0.2, -0.15) is 10.2 Å². The third-order valence-electron chi connectivity index (χ3n) is 13.4. The Hall–Kier alpha value is -6.03. The maximum absolute atomic E-state index is 14.8. The van der Waals surface area contributed by atoms with Gasteiger partial charge >= 0.3 is 6.03 Å². The number of hydrogen-bond acceptors (Lipinski definition) is 13. The molecule has 4 atom stereocenters. The summed E-state index contributed by atoms with van der Waals surface area (Å²) in [6, 6.07) is 11.4. The second-order valence-electron chi connectivity index (χ2n) is 17.7. The van der Waals surface area contributed by atoms with E-state index in [1.165, 1.54) is 0 Å². The number of nitrogens with one attached hydrogen (secondary N) is 4. The fourth-order valence-corrected chi connectivity index (χ4v) is 11.3. The number of amides is 2. The molecule has 0 aliphatic carbocycles. The van der Waals surface area contributed by atoms with Crippen molar-refractivity contribution in [1.82, 2.24) is 69.9 Å². The summed E-state index contributed by atoms with van der Waals surface area (Å²) < 4.78 is 24.6. The highest BCUT2D eigenvalue weighted by Gasteiger charge is 2.43. The Balaban J connectivity index is 0.714. The van der Waals surface area contributed by atoms with Crippen LogP contribution in [0.3, 0.4) is 0 Å². The third-order valence-corrected chi connectivity index (χ3v) is 14.6. The summed E-state index contributed by atoms with van der Waals surface area (Å²) in [7, 11) is 0. The number of aromatic nitrogens is 10. The first-order valence-electron chi connectivity index (χ1n) is 22.8. The summed E-state index contributed by atoms with van der Waals surface area (Å²) in [4.78, 5) is 48.3. The van der Waals surface area contributed by atoms with Crippen molar-refractivity contribution in [2.75, 3.05) is 39.5 Å². The molecule has 2 aromatic carbocycles. The van der Waals surface area contributed by atoms with Crippen LogP contribution in [0.15, 0.2) is 61.2 Å². The molecule has 0 spiro atoms. The summed E-state index contributed by atoms with van der Waals surface area (Å²) in [5.41, 5.74) is 8.05. The number of morpholine rings is 2. The molecule has 2 saturated heterocycles. The maximum atomic E-state index is 14.8. The number of carbonyl (C=O) groups excluding carboxylic acids is 1. The average Bonchev–Trinajstić information content (AvgIpc) is 4.22. The van der Waals surface area contributed by atoms with Gasteiger partial charge in [0.05, 0.1) is 80.3 Å². The first-order valence-corrected chi connectivity index (χ1v) is 24.3. The van der Waals surface area contributed by atoms with E-state index in [2.05, 4.69) is 50.1 Å². The van der Waals surface area contributed by atoms with Gasteiger partial charge in [-0.15, -0.1) is 0 Å². The number of urea groups is 1. The number of aromatic amines is 4. The van der Waals surface area contributed by atoms with E-state index in [0.29, 0.717) is 131 Å². The number of carbonyl (C=O) groups is 1. The van der Waals surface area contributed by atoms with Crippen LogP contribution in [-0.2, 0) is 35.7 Å². The zero-order valence-corrected chi connectivity index (χ0v) is 40.7. The van der Waals surface area contributed by atoms with Gasteiger partial charge in [0, 0.05) is 86.0 Å². The molecule has 0 bridgehead atoms. The highest BCUT2D eigenvalue weighted by molar-refractivity contribution is 6.36. The number of halogens is 4. The topological polar surface area (TPSA) is 207 Å². The zero-order chi connectivity index (χ0) is 47.8. The lowest BCUT2D eigenvalue weighted by atomic mass is 10.1. The summed E-state index contributed by atoms with van der Waals surface area (Å²) >= 11 is 25.7. The van der Waals surface area contributed by atoms with Crippen molar-refractivity contribution < 1.29 is 23.7 Å². The number of imidazole rings is 2. The van der Waals surface area contributed by atoms with E-state index in [4.69, 9.17) is 75.3 Å². The molecule has 23 heteroatoms. The molecule has 0 radical (unpaired) electrons. The summed E-state index contributed by atoms with van der Waals surface area (Å²) in [6.07, 6.45) is 4.74. The Morgan fingerprint density at radius 2 is 1.07 bits per heavy atom. The van der Waals surface area contributed by atoms with Gasteiger partial charge < -0.3 is 38.7 Å². The molecule has 8 aromatic rings. The summed E-state index contributed by atoms with van der Waals surface area (Å²) in [6.45, 7) is 8.50. The van der Waals surface area contributed by atoms with Gasteiger partial charge in [0.2, 0.25) is 0 Å². The number of benzene rings is 2. The molecule has 6 aromatic heterocycles. The highest BCUT2D eigenvalue weighted by Crippen LogP contribution is 2.38. The first-order chi connectivity index (χ1) is 34.0. The van der Waals surface area contributed by atoms with Gasteiger partial charge in [0.25, 0.3) is 0 Å². The van der Waals surface area contributed by atoms with Gasteiger partial charge in [-0.25, -0.2) is 14.8 Å². The molecular weight excluding hydrogens is 982 g/mol. The third kappa shape index (κ3) is 8.16. The van der Waals surface area contributed by atoms with E-state index >= 15 is 0 Å². The SMILES string of the molecule is CC(Oc1ccc2[nH]nc(-c3nc4c([nH]3)CN(C3COCCN3C(=O)N3CCOCC3N3Cc5nc(-c6n[nH]c7ccc(OC(C)c8c(Cl)cncc8Cl)cc67)[nH]c5C3)C4)c2c1)c1c(Cl)cncc1Cl. The van der Waals surface area contributed by atoms with Crippen molar-refractivity contribution in [2.24, 2.45) is 0 Å². The number of fused-ring (bicyclic) bond motifs is 4. The Kier molecular flexibility index (Phi) is 11.8. The molecule has 70 heavy (non-hydrogen) atoms. The van der Waals surface area contributed by atoms with Crippen molar-refractivity contribution in [1.29, 1.82) is 0 Å². The van der Waals surface area contributed by atoms with E-state index < -0.39 is 12.2 Å². The molecule has 2 amide bonds. The Morgan fingerprint density at radius 1 is 0.643 bits per heavy atom. The molecule has 4 N–H and O–H groups in total. The minimum absolute atomic E-state index is 0.0531. The maximum Gasteiger partial charge on any atom is 0.322 e. The standard InChI is InChI=1S/C47H44Cl4N14O5/c1-23(41-29(48)13-52-14-30(41)49)69-25-3-5-33-27(11-25)43(60-58-33)45-54-35-17-62(18-36(35)55-45)39-21-67-9-7-64(39)47(66)65-8-10-68-22-40(65)63-19-37-38(20-63)57-46(56-37)44-28-12-26(4-6-34(28)59-61-44)70-24(2)42-31(50)15-53-16-32(42)51/h3-6,11-16,23-24,39-40H,7-10,17-22H2,1-2H3,(H,54,55)(H,56,57)(H,58,60)(H,59,61). The van der Waals surface area contributed by atoms with Crippen LogP contribution in [0.5, 0.6) is 11.5 Å². The van der Waals surface area contributed by atoms with Gasteiger partial charge in [-0.05, 0) is 50.2 Å². The summed E-state index contributed by atoms with van der Waals surface area (Å²) in [5.74, 6) is 2.53. The van der Waals surface area contributed by atoms with Gasteiger partial charge in [-0.3, -0.25) is 30.0 Å². The van der Waals surface area contributed by atoms with Gasteiger partial charge in [0.15, 0.2) is 11.6 Å².